The fraction of sp³-hybridized carbons (Fsp3) is 0.500. The number of ether oxygens (including phenoxy) is 1. The van der Waals surface area contributed by atoms with Crippen LogP contribution in [-0.2, 0) is 4.79 Å². The first-order valence-corrected chi connectivity index (χ1v) is 6.84. The van der Waals surface area contributed by atoms with Gasteiger partial charge in [0, 0.05) is 24.7 Å². The van der Waals surface area contributed by atoms with E-state index in [2.05, 4.69) is 0 Å². The van der Waals surface area contributed by atoms with Crippen LogP contribution in [0.15, 0.2) is 24.3 Å². The molecule has 1 unspecified atom stereocenters. The van der Waals surface area contributed by atoms with E-state index in [0.717, 1.165) is 25.9 Å². The summed E-state index contributed by atoms with van der Waals surface area (Å²) in [6.45, 7) is 1.72. The molecule has 0 bridgehead atoms. The van der Waals surface area contributed by atoms with Gasteiger partial charge in [-0.25, -0.2) is 0 Å². The topological polar surface area (TPSA) is 49.8 Å². The molecule has 1 heterocycles. The SMILES string of the molecule is O=C(COc1ccc(Cl)cc1)N1CCC(CCO)C1. The van der Waals surface area contributed by atoms with Crippen molar-refractivity contribution in [1.82, 2.24) is 4.90 Å². The number of rotatable bonds is 5. The lowest BCUT2D eigenvalue weighted by molar-refractivity contribution is -0.132. The van der Waals surface area contributed by atoms with Crippen LogP contribution in [0.4, 0.5) is 0 Å². The van der Waals surface area contributed by atoms with E-state index >= 15 is 0 Å². The molecule has 1 N–H and O–H groups in total. The molecule has 19 heavy (non-hydrogen) atoms. The van der Waals surface area contributed by atoms with Crippen molar-refractivity contribution in [2.45, 2.75) is 12.8 Å². The molecule has 0 aromatic heterocycles. The smallest absolute Gasteiger partial charge is 0.260 e. The van der Waals surface area contributed by atoms with E-state index in [9.17, 15) is 4.79 Å². The first kappa shape index (κ1) is 14.2. The second-order valence-corrected chi connectivity index (χ2v) is 5.19. The van der Waals surface area contributed by atoms with Crippen LogP contribution in [0.25, 0.3) is 0 Å². The van der Waals surface area contributed by atoms with Crippen LogP contribution in [0.3, 0.4) is 0 Å². The molecule has 1 aromatic rings. The van der Waals surface area contributed by atoms with Gasteiger partial charge in [0.25, 0.3) is 5.91 Å². The van der Waals surface area contributed by atoms with Gasteiger partial charge in [-0.05, 0) is 43.0 Å². The average molecular weight is 284 g/mol. The maximum absolute atomic E-state index is 11.9. The molecule has 5 heteroatoms. The van der Waals surface area contributed by atoms with Crippen LogP contribution >= 0.6 is 11.6 Å². The van der Waals surface area contributed by atoms with Crippen LogP contribution in [0, 0.1) is 5.92 Å². The quantitative estimate of drug-likeness (QED) is 0.899. The number of carbonyl (C=O) groups is 1. The maximum atomic E-state index is 11.9. The number of amides is 1. The summed E-state index contributed by atoms with van der Waals surface area (Å²) in [4.78, 5) is 13.7. The molecule has 4 nitrogen and oxygen atoms in total. The third-order valence-electron chi connectivity index (χ3n) is 3.35. The molecule has 1 fully saturated rings. The lowest BCUT2D eigenvalue weighted by atomic mass is 10.1. The van der Waals surface area contributed by atoms with Crippen LogP contribution in [-0.4, -0.2) is 42.2 Å². The van der Waals surface area contributed by atoms with E-state index in [1.807, 2.05) is 0 Å². The number of benzene rings is 1. The summed E-state index contributed by atoms with van der Waals surface area (Å²) >= 11 is 5.77. The molecule has 1 aliphatic rings. The summed E-state index contributed by atoms with van der Waals surface area (Å²) < 4.78 is 5.43. The lowest BCUT2D eigenvalue weighted by Gasteiger charge is -2.16. The van der Waals surface area contributed by atoms with E-state index in [-0.39, 0.29) is 19.1 Å². The minimum atomic E-state index is -0.00427. The Morgan fingerprint density at radius 2 is 2.16 bits per heavy atom. The van der Waals surface area contributed by atoms with Gasteiger partial charge in [-0.15, -0.1) is 0 Å². The first-order valence-electron chi connectivity index (χ1n) is 6.46. The molecule has 1 aliphatic heterocycles. The molecule has 1 atom stereocenters. The normalized spacial score (nSPS) is 18.6. The van der Waals surface area contributed by atoms with Crippen molar-refractivity contribution in [2.75, 3.05) is 26.3 Å². The molecule has 2 rings (SSSR count). The number of nitrogens with zero attached hydrogens (tertiary/aromatic N) is 1. The Bertz CT molecular complexity index is 421. The molecule has 104 valence electrons. The third-order valence-corrected chi connectivity index (χ3v) is 3.60. The minimum Gasteiger partial charge on any atom is -0.484 e. The highest BCUT2D eigenvalue weighted by molar-refractivity contribution is 6.30. The molecule has 0 radical (unpaired) electrons. The van der Waals surface area contributed by atoms with Gasteiger partial charge in [0.2, 0.25) is 0 Å². The summed E-state index contributed by atoms with van der Waals surface area (Å²) in [7, 11) is 0. The number of hydrogen-bond acceptors (Lipinski definition) is 3. The van der Waals surface area contributed by atoms with Crippen LogP contribution < -0.4 is 4.74 Å². The third kappa shape index (κ3) is 4.11. The van der Waals surface area contributed by atoms with Gasteiger partial charge in [0.15, 0.2) is 6.61 Å². The van der Waals surface area contributed by atoms with Gasteiger partial charge in [-0.1, -0.05) is 11.6 Å². The van der Waals surface area contributed by atoms with Crippen molar-refractivity contribution in [1.29, 1.82) is 0 Å². The Balaban J connectivity index is 1.77. The monoisotopic (exact) mass is 283 g/mol. The second-order valence-electron chi connectivity index (χ2n) is 4.75. The van der Waals surface area contributed by atoms with Crippen LogP contribution in [0.2, 0.25) is 5.02 Å². The second kappa shape index (κ2) is 6.78. The van der Waals surface area contributed by atoms with Gasteiger partial charge in [-0.3, -0.25) is 4.79 Å². The molecule has 0 aliphatic carbocycles. The van der Waals surface area contributed by atoms with Crippen LogP contribution in [0.1, 0.15) is 12.8 Å². The van der Waals surface area contributed by atoms with Gasteiger partial charge in [-0.2, -0.15) is 0 Å². The van der Waals surface area contributed by atoms with Crippen molar-refractivity contribution >= 4 is 17.5 Å². The van der Waals surface area contributed by atoms with Crippen molar-refractivity contribution in [3.05, 3.63) is 29.3 Å². The number of aliphatic hydroxyl groups is 1. The molecular weight excluding hydrogens is 266 g/mol. The van der Waals surface area contributed by atoms with Crippen molar-refractivity contribution < 1.29 is 14.6 Å². The predicted molar refractivity (Wildman–Crippen MR) is 73.3 cm³/mol. The highest BCUT2D eigenvalue weighted by Gasteiger charge is 2.25. The van der Waals surface area contributed by atoms with Gasteiger partial charge < -0.3 is 14.7 Å². The average Bonchev–Trinajstić information content (AvgIpc) is 2.87. The Kier molecular flexibility index (Phi) is 5.05. The fourth-order valence-electron chi connectivity index (χ4n) is 2.24. The number of halogens is 1. The number of hydrogen-bond donors (Lipinski definition) is 1. The zero-order valence-electron chi connectivity index (χ0n) is 10.7. The highest BCUT2D eigenvalue weighted by atomic mass is 35.5. The molecule has 1 aromatic carbocycles. The van der Waals surface area contributed by atoms with E-state index < -0.39 is 0 Å². The highest BCUT2D eigenvalue weighted by Crippen LogP contribution is 2.20. The molecular formula is C14H18ClNO3. The number of carbonyl (C=O) groups excluding carboxylic acids is 1. The van der Waals surface area contributed by atoms with E-state index in [4.69, 9.17) is 21.4 Å². The Labute approximate surface area is 117 Å². The maximum Gasteiger partial charge on any atom is 0.260 e. The van der Waals surface area contributed by atoms with Crippen molar-refractivity contribution in [3.8, 4) is 5.75 Å². The summed E-state index contributed by atoms with van der Waals surface area (Å²) in [5, 5.41) is 9.53. The zero-order valence-corrected chi connectivity index (χ0v) is 11.5. The van der Waals surface area contributed by atoms with Gasteiger partial charge >= 0.3 is 0 Å². The Hall–Kier alpha value is -1.26. The van der Waals surface area contributed by atoms with Crippen LogP contribution in [0.5, 0.6) is 5.75 Å². The largest absolute Gasteiger partial charge is 0.484 e. The summed E-state index contributed by atoms with van der Waals surface area (Å²) in [5.41, 5.74) is 0. The number of likely N-dealkylation sites (tertiary alicyclic amines) is 1. The standard InChI is InChI=1S/C14H18ClNO3/c15-12-1-3-13(4-2-12)19-10-14(18)16-7-5-11(9-16)6-8-17/h1-4,11,17H,5-10H2. The van der Waals surface area contributed by atoms with Crippen molar-refractivity contribution in [3.63, 3.8) is 0 Å². The van der Waals surface area contributed by atoms with E-state index in [1.165, 1.54) is 0 Å². The van der Waals surface area contributed by atoms with E-state index in [1.54, 1.807) is 29.2 Å². The van der Waals surface area contributed by atoms with E-state index in [0.29, 0.717) is 16.7 Å². The summed E-state index contributed by atoms with van der Waals surface area (Å²) in [5.74, 6) is 1.06. The zero-order chi connectivity index (χ0) is 13.7. The van der Waals surface area contributed by atoms with Crippen molar-refractivity contribution in [2.24, 2.45) is 5.92 Å². The first-order chi connectivity index (χ1) is 9.19. The predicted octanol–water partition coefficient (Wildman–Crippen LogP) is 1.95. The Morgan fingerprint density at radius 1 is 1.42 bits per heavy atom. The lowest BCUT2D eigenvalue weighted by Crippen LogP contribution is -2.33. The van der Waals surface area contributed by atoms with Gasteiger partial charge in [0.1, 0.15) is 5.75 Å². The molecule has 1 saturated heterocycles. The summed E-state index contributed by atoms with van der Waals surface area (Å²) in [6, 6.07) is 6.95. The molecule has 0 saturated carbocycles. The fourth-order valence-corrected chi connectivity index (χ4v) is 2.37. The number of aliphatic hydroxyl groups excluding tert-OH is 1. The molecule has 0 spiro atoms. The Morgan fingerprint density at radius 3 is 2.84 bits per heavy atom. The van der Waals surface area contributed by atoms with Gasteiger partial charge in [0.05, 0.1) is 0 Å². The molecule has 1 amide bonds. The minimum absolute atomic E-state index is 0.00427. The summed E-state index contributed by atoms with van der Waals surface area (Å²) in [6.07, 6.45) is 1.73.